The number of hydrogen-bond donors (Lipinski definition) is 1. The molecule has 0 aliphatic carbocycles. The summed E-state index contributed by atoms with van der Waals surface area (Å²) in [7, 11) is 4.56. The molecule has 1 N–H and O–H groups in total. The molecule has 2 aromatic rings. The van der Waals surface area contributed by atoms with Gasteiger partial charge in [0, 0.05) is 37.3 Å². The molecular formula is C25H27NO7. The van der Waals surface area contributed by atoms with Crippen molar-refractivity contribution in [2.45, 2.75) is 25.5 Å². The van der Waals surface area contributed by atoms with Gasteiger partial charge < -0.3 is 29.0 Å². The molecule has 33 heavy (non-hydrogen) atoms. The quantitative estimate of drug-likeness (QED) is 0.391. The smallest absolute Gasteiger partial charge is 0.295 e. The van der Waals surface area contributed by atoms with Crippen molar-refractivity contribution in [2.75, 3.05) is 34.5 Å². The van der Waals surface area contributed by atoms with Gasteiger partial charge in [0.15, 0.2) is 0 Å². The Bertz CT molecular complexity index is 1120. The molecule has 2 aliphatic rings. The molecule has 0 saturated carbocycles. The molecule has 174 valence electrons. The predicted octanol–water partition coefficient (Wildman–Crippen LogP) is 3.10. The summed E-state index contributed by atoms with van der Waals surface area (Å²) in [6.45, 7) is 2.38. The van der Waals surface area contributed by atoms with Crippen LogP contribution in [0.15, 0.2) is 42.0 Å². The Morgan fingerprint density at radius 3 is 2.61 bits per heavy atom. The molecule has 0 spiro atoms. The fraction of sp³-hybridized carbons (Fsp3) is 0.360. The summed E-state index contributed by atoms with van der Waals surface area (Å²) < 4.78 is 21.7. The molecule has 2 aromatic carbocycles. The van der Waals surface area contributed by atoms with Gasteiger partial charge >= 0.3 is 0 Å². The Balaban J connectivity index is 1.87. The molecule has 4 rings (SSSR count). The summed E-state index contributed by atoms with van der Waals surface area (Å²) in [4.78, 5) is 27.5. The van der Waals surface area contributed by atoms with E-state index in [-0.39, 0.29) is 30.6 Å². The van der Waals surface area contributed by atoms with E-state index in [4.69, 9.17) is 18.9 Å². The summed E-state index contributed by atoms with van der Waals surface area (Å²) in [5, 5.41) is 11.3. The fourth-order valence-electron chi connectivity index (χ4n) is 4.39. The van der Waals surface area contributed by atoms with Crippen LogP contribution in [0.5, 0.6) is 17.2 Å². The van der Waals surface area contributed by atoms with Crippen molar-refractivity contribution in [3.05, 3.63) is 58.7 Å². The summed E-state index contributed by atoms with van der Waals surface area (Å²) >= 11 is 0. The Morgan fingerprint density at radius 2 is 1.91 bits per heavy atom. The van der Waals surface area contributed by atoms with Crippen LogP contribution >= 0.6 is 0 Å². The topological polar surface area (TPSA) is 94.5 Å². The third-order valence-electron chi connectivity index (χ3n) is 5.98. The van der Waals surface area contributed by atoms with Gasteiger partial charge in [-0.15, -0.1) is 0 Å². The number of ketones is 1. The minimum Gasteiger partial charge on any atom is -0.507 e. The standard InChI is InChI=1S/C25H27NO7/c1-14-11-16-12-15(5-8-19(16)33-14)23(27)21-22(26(9-10-30-2)25(29)24(21)28)18-7-6-17(31-3)13-20(18)32-4/h5-8,12-14,22,27H,9-11H2,1-4H3. The van der Waals surface area contributed by atoms with Crippen LogP contribution in [-0.4, -0.2) is 62.3 Å². The molecule has 1 amide bonds. The van der Waals surface area contributed by atoms with E-state index in [1.54, 1.807) is 36.4 Å². The van der Waals surface area contributed by atoms with Crippen LogP contribution in [0.4, 0.5) is 0 Å². The molecule has 1 fully saturated rings. The highest BCUT2D eigenvalue weighted by molar-refractivity contribution is 6.46. The largest absolute Gasteiger partial charge is 0.507 e. The van der Waals surface area contributed by atoms with Gasteiger partial charge in [-0.3, -0.25) is 9.59 Å². The number of hydrogen-bond acceptors (Lipinski definition) is 7. The number of fused-ring (bicyclic) bond motifs is 1. The van der Waals surface area contributed by atoms with Crippen molar-refractivity contribution in [3.63, 3.8) is 0 Å². The van der Waals surface area contributed by atoms with Gasteiger partial charge in [0.05, 0.1) is 32.4 Å². The van der Waals surface area contributed by atoms with Crippen LogP contribution in [0, 0.1) is 0 Å². The average molecular weight is 453 g/mol. The van der Waals surface area contributed by atoms with E-state index in [1.807, 2.05) is 6.92 Å². The number of ether oxygens (including phenoxy) is 4. The second-order valence-electron chi connectivity index (χ2n) is 8.05. The van der Waals surface area contributed by atoms with E-state index in [1.165, 1.54) is 26.2 Å². The van der Waals surface area contributed by atoms with E-state index in [9.17, 15) is 14.7 Å². The highest BCUT2D eigenvalue weighted by atomic mass is 16.5. The van der Waals surface area contributed by atoms with Gasteiger partial charge in [0.2, 0.25) is 0 Å². The molecule has 1 saturated heterocycles. The van der Waals surface area contributed by atoms with Gasteiger partial charge in [-0.25, -0.2) is 0 Å². The second-order valence-corrected chi connectivity index (χ2v) is 8.05. The van der Waals surface area contributed by atoms with E-state index in [0.29, 0.717) is 29.0 Å². The number of methoxy groups -OCH3 is 3. The maximum Gasteiger partial charge on any atom is 0.295 e. The van der Waals surface area contributed by atoms with Crippen molar-refractivity contribution >= 4 is 17.4 Å². The second kappa shape index (κ2) is 9.15. The number of amides is 1. The molecule has 2 atom stereocenters. The van der Waals surface area contributed by atoms with Crippen LogP contribution in [-0.2, 0) is 20.7 Å². The van der Waals surface area contributed by atoms with Crippen molar-refractivity contribution < 1.29 is 33.6 Å². The molecule has 0 bridgehead atoms. The third kappa shape index (κ3) is 4.02. The van der Waals surface area contributed by atoms with Gasteiger partial charge in [-0.05, 0) is 42.8 Å². The Hall–Kier alpha value is -3.52. The van der Waals surface area contributed by atoms with Gasteiger partial charge in [0.25, 0.3) is 11.7 Å². The molecule has 0 aromatic heterocycles. The van der Waals surface area contributed by atoms with Crippen molar-refractivity contribution in [2.24, 2.45) is 0 Å². The third-order valence-corrected chi connectivity index (χ3v) is 5.98. The van der Waals surface area contributed by atoms with Crippen LogP contribution in [0.3, 0.4) is 0 Å². The van der Waals surface area contributed by atoms with E-state index < -0.39 is 17.7 Å². The zero-order chi connectivity index (χ0) is 23.7. The van der Waals surface area contributed by atoms with Crippen molar-refractivity contribution in [3.8, 4) is 17.2 Å². The number of rotatable bonds is 7. The van der Waals surface area contributed by atoms with Gasteiger partial charge in [0.1, 0.15) is 29.1 Å². The summed E-state index contributed by atoms with van der Waals surface area (Å²) in [6.07, 6.45) is 0.745. The van der Waals surface area contributed by atoms with Crippen molar-refractivity contribution in [1.29, 1.82) is 0 Å². The summed E-state index contributed by atoms with van der Waals surface area (Å²) in [5.74, 6) is 0.0700. The van der Waals surface area contributed by atoms with E-state index >= 15 is 0 Å². The Labute approximate surface area is 192 Å². The number of carbonyl (C=O) groups is 2. The zero-order valence-electron chi connectivity index (χ0n) is 19.1. The normalized spacial score (nSPS) is 21.2. The number of carbonyl (C=O) groups excluding carboxylic acids is 2. The molecule has 0 radical (unpaired) electrons. The number of aliphatic hydroxyl groups is 1. The van der Waals surface area contributed by atoms with E-state index in [2.05, 4.69) is 0 Å². The number of Topliss-reactive ketones (excluding diaryl/α,β-unsaturated/α-hetero) is 1. The molecular weight excluding hydrogens is 426 g/mol. The molecule has 2 heterocycles. The Morgan fingerprint density at radius 1 is 1.12 bits per heavy atom. The first-order valence-electron chi connectivity index (χ1n) is 10.7. The van der Waals surface area contributed by atoms with Crippen LogP contribution in [0.1, 0.15) is 29.7 Å². The minimum absolute atomic E-state index is 0.00600. The maximum absolute atomic E-state index is 13.1. The van der Waals surface area contributed by atoms with Crippen LogP contribution < -0.4 is 14.2 Å². The number of nitrogens with zero attached hydrogens (tertiary/aromatic N) is 1. The first-order valence-corrected chi connectivity index (χ1v) is 10.7. The summed E-state index contributed by atoms with van der Waals surface area (Å²) in [5.41, 5.74) is 1.96. The lowest BCUT2D eigenvalue weighted by Gasteiger charge is -2.26. The molecule has 8 heteroatoms. The highest BCUT2D eigenvalue weighted by Crippen LogP contribution is 2.44. The molecule has 2 unspecified atom stereocenters. The molecule has 2 aliphatic heterocycles. The monoisotopic (exact) mass is 453 g/mol. The van der Waals surface area contributed by atoms with Gasteiger partial charge in [-0.2, -0.15) is 0 Å². The van der Waals surface area contributed by atoms with Crippen LogP contribution in [0.2, 0.25) is 0 Å². The van der Waals surface area contributed by atoms with Gasteiger partial charge in [-0.1, -0.05) is 0 Å². The first kappa shape index (κ1) is 22.7. The highest BCUT2D eigenvalue weighted by Gasteiger charge is 2.47. The average Bonchev–Trinajstić information content (AvgIpc) is 3.32. The number of likely N-dealkylation sites (tertiary alicyclic amines) is 1. The van der Waals surface area contributed by atoms with Crippen molar-refractivity contribution in [1.82, 2.24) is 4.90 Å². The summed E-state index contributed by atoms with van der Waals surface area (Å²) in [6, 6.07) is 9.57. The maximum atomic E-state index is 13.1. The number of aliphatic hydroxyl groups excluding tert-OH is 1. The number of benzene rings is 2. The SMILES string of the molecule is COCCN1C(=O)C(=O)C(=C(O)c2ccc3c(c2)CC(C)O3)C1c1ccc(OC)cc1OC. The Kier molecular flexibility index (Phi) is 6.29. The lowest BCUT2D eigenvalue weighted by atomic mass is 9.93. The van der Waals surface area contributed by atoms with E-state index in [0.717, 1.165) is 11.3 Å². The lowest BCUT2D eigenvalue weighted by molar-refractivity contribution is -0.140. The van der Waals surface area contributed by atoms with Crippen LogP contribution in [0.25, 0.3) is 5.76 Å². The fourth-order valence-corrected chi connectivity index (χ4v) is 4.39. The minimum atomic E-state index is -0.843. The first-order chi connectivity index (χ1) is 15.9. The predicted molar refractivity (Wildman–Crippen MR) is 121 cm³/mol. The molecule has 8 nitrogen and oxygen atoms in total. The lowest BCUT2D eigenvalue weighted by Crippen LogP contribution is -2.32. The zero-order valence-corrected chi connectivity index (χ0v) is 19.1.